The molecule has 0 unspecified atom stereocenters. The van der Waals surface area contributed by atoms with Crippen LogP contribution in [0.4, 0.5) is 0 Å². The summed E-state index contributed by atoms with van der Waals surface area (Å²) in [7, 11) is 1.44. The largest absolute Gasteiger partial charge is 0.469 e. The average molecular weight is 340 g/mol. The number of carbonyl (C=O) groups is 2. The van der Waals surface area contributed by atoms with Gasteiger partial charge < -0.3 is 14.6 Å². The fourth-order valence-corrected chi connectivity index (χ4v) is 4.90. The molecule has 0 bridgehead atoms. The van der Waals surface area contributed by atoms with Gasteiger partial charge in [0, 0.05) is 29.4 Å². The van der Waals surface area contributed by atoms with Gasteiger partial charge in [-0.2, -0.15) is 0 Å². The van der Waals surface area contributed by atoms with Crippen LogP contribution in [0.25, 0.3) is 10.9 Å². The van der Waals surface area contributed by atoms with E-state index in [1.807, 2.05) is 23.1 Å². The Labute approximate surface area is 147 Å². The van der Waals surface area contributed by atoms with E-state index in [4.69, 9.17) is 4.74 Å². The SMILES string of the molecule is CC[C@]1(CCC(=O)OC)CCCN2C(=O)c3[nH]c4ccccc4c3[C@@H]21. The summed E-state index contributed by atoms with van der Waals surface area (Å²) in [6, 6.07) is 8.18. The first-order chi connectivity index (χ1) is 12.1. The Hall–Kier alpha value is -2.30. The van der Waals surface area contributed by atoms with E-state index < -0.39 is 0 Å². The molecule has 1 amide bonds. The molecule has 0 spiro atoms. The highest BCUT2D eigenvalue weighted by Gasteiger charge is 2.52. The van der Waals surface area contributed by atoms with Crippen LogP contribution in [0.3, 0.4) is 0 Å². The van der Waals surface area contributed by atoms with E-state index in [-0.39, 0.29) is 23.3 Å². The first-order valence-corrected chi connectivity index (χ1v) is 9.09. The Morgan fingerprint density at radius 1 is 1.40 bits per heavy atom. The molecule has 5 nitrogen and oxygen atoms in total. The third-order valence-electron chi connectivity index (χ3n) is 6.22. The highest BCUT2D eigenvalue weighted by molar-refractivity contribution is 6.05. The molecule has 2 aliphatic rings. The van der Waals surface area contributed by atoms with Gasteiger partial charge in [-0.15, -0.1) is 0 Å². The minimum absolute atomic E-state index is 0.0505. The normalized spacial score (nSPS) is 25.1. The zero-order valence-corrected chi connectivity index (χ0v) is 14.8. The highest BCUT2D eigenvalue weighted by atomic mass is 16.5. The van der Waals surface area contributed by atoms with Gasteiger partial charge in [0.25, 0.3) is 5.91 Å². The van der Waals surface area contributed by atoms with E-state index in [1.54, 1.807) is 0 Å². The number of fused-ring (bicyclic) bond motifs is 5. The van der Waals surface area contributed by atoms with Crippen molar-refractivity contribution in [3.63, 3.8) is 0 Å². The number of H-pyrrole nitrogens is 1. The van der Waals surface area contributed by atoms with Crippen molar-refractivity contribution in [3.8, 4) is 0 Å². The van der Waals surface area contributed by atoms with Crippen LogP contribution < -0.4 is 0 Å². The molecule has 0 aliphatic carbocycles. The lowest BCUT2D eigenvalue weighted by atomic mass is 9.67. The van der Waals surface area contributed by atoms with Crippen molar-refractivity contribution < 1.29 is 14.3 Å². The number of carbonyl (C=O) groups excluding carboxylic acids is 2. The number of esters is 1. The third kappa shape index (κ3) is 2.29. The Morgan fingerprint density at radius 3 is 2.96 bits per heavy atom. The van der Waals surface area contributed by atoms with Crippen molar-refractivity contribution in [2.45, 2.75) is 45.1 Å². The molecule has 3 heterocycles. The minimum Gasteiger partial charge on any atom is -0.469 e. The van der Waals surface area contributed by atoms with Crippen LogP contribution in [0.1, 0.15) is 61.1 Å². The van der Waals surface area contributed by atoms with Crippen LogP contribution in [-0.4, -0.2) is 35.4 Å². The number of ether oxygens (including phenoxy) is 1. The lowest BCUT2D eigenvalue weighted by Gasteiger charge is -2.47. The van der Waals surface area contributed by atoms with Gasteiger partial charge >= 0.3 is 5.97 Å². The van der Waals surface area contributed by atoms with Crippen LogP contribution in [0.2, 0.25) is 0 Å². The third-order valence-corrected chi connectivity index (χ3v) is 6.22. The lowest BCUT2D eigenvalue weighted by Crippen LogP contribution is -2.45. The molecule has 1 saturated heterocycles. The minimum atomic E-state index is -0.173. The molecule has 132 valence electrons. The summed E-state index contributed by atoms with van der Waals surface area (Å²) in [5, 5.41) is 1.14. The Balaban J connectivity index is 1.82. The molecule has 4 rings (SSSR count). The summed E-state index contributed by atoms with van der Waals surface area (Å²) < 4.78 is 4.86. The van der Waals surface area contributed by atoms with Crippen LogP contribution in [0.15, 0.2) is 24.3 Å². The molecule has 1 aromatic carbocycles. The summed E-state index contributed by atoms with van der Waals surface area (Å²) in [5.41, 5.74) is 2.82. The fourth-order valence-electron chi connectivity index (χ4n) is 4.90. The molecule has 0 saturated carbocycles. The maximum atomic E-state index is 13.0. The molecule has 1 fully saturated rings. The molecule has 2 aromatic rings. The first-order valence-electron chi connectivity index (χ1n) is 9.09. The monoisotopic (exact) mass is 340 g/mol. The van der Waals surface area contributed by atoms with Gasteiger partial charge in [0.05, 0.1) is 13.2 Å². The zero-order valence-electron chi connectivity index (χ0n) is 14.8. The van der Waals surface area contributed by atoms with Crippen molar-refractivity contribution in [1.82, 2.24) is 9.88 Å². The summed E-state index contributed by atoms with van der Waals surface area (Å²) >= 11 is 0. The number of nitrogens with zero attached hydrogens (tertiary/aromatic N) is 1. The van der Waals surface area contributed by atoms with Gasteiger partial charge in [-0.05, 0) is 37.2 Å². The van der Waals surface area contributed by atoms with E-state index in [0.717, 1.165) is 54.4 Å². The number of nitrogens with one attached hydrogen (secondary N) is 1. The molecule has 25 heavy (non-hydrogen) atoms. The molecule has 2 aliphatic heterocycles. The summed E-state index contributed by atoms with van der Waals surface area (Å²) in [6.45, 7) is 2.97. The van der Waals surface area contributed by atoms with E-state index in [0.29, 0.717) is 6.42 Å². The smallest absolute Gasteiger partial charge is 0.305 e. The van der Waals surface area contributed by atoms with Crippen molar-refractivity contribution in [2.24, 2.45) is 5.41 Å². The topological polar surface area (TPSA) is 62.4 Å². The van der Waals surface area contributed by atoms with Gasteiger partial charge in [-0.25, -0.2) is 0 Å². The second-order valence-corrected chi connectivity index (χ2v) is 7.26. The highest BCUT2D eigenvalue weighted by Crippen LogP contribution is 2.56. The van der Waals surface area contributed by atoms with E-state index in [1.165, 1.54) is 7.11 Å². The maximum Gasteiger partial charge on any atom is 0.305 e. The van der Waals surface area contributed by atoms with Gasteiger partial charge in [0.15, 0.2) is 0 Å². The summed E-state index contributed by atoms with van der Waals surface area (Å²) in [5.74, 6) is -0.0692. The zero-order chi connectivity index (χ0) is 17.6. The van der Waals surface area contributed by atoms with Gasteiger partial charge in [-0.3, -0.25) is 9.59 Å². The van der Waals surface area contributed by atoms with Crippen LogP contribution in [0, 0.1) is 5.41 Å². The van der Waals surface area contributed by atoms with Crippen molar-refractivity contribution >= 4 is 22.8 Å². The second kappa shape index (κ2) is 5.90. The number of amides is 1. The number of hydrogen-bond donors (Lipinski definition) is 1. The van der Waals surface area contributed by atoms with Crippen molar-refractivity contribution in [2.75, 3.05) is 13.7 Å². The Morgan fingerprint density at radius 2 is 2.20 bits per heavy atom. The number of piperidine rings is 1. The standard InChI is InChI=1S/C20H24N2O3/c1-3-20(11-9-15(23)25-2)10-6-12-22-18(20)16-13-7-4-5-8-14(13)21-17(16)19(22)24/h4-5,7-8,18,21H,3,6,9-12H2,1-2H3/t18-,20-/m1/s1. The summed E-state index contributed by atoms with van der Waals surface area (Å²) in [6.07, 6.45) is 4.12. The molecule has 5 heteroatoms. The first kappa shape index (κ1) is 16.2. The molecule has 2 atom stereocenters. The van der Waals surface area contributed by atoms with Gasteiger partial charge in [-0.1, -0.05) is 25.1 Å². The predicted molar refractivity (Wildman–Crippen MR) is 95.3 cm³/mol. The van der Waals surface area contributed by atoms with Crippen LogP contribution in [-0.2, 0) is 9.53 Å². The van der Waals surface area contributed by atoms with Gasteiger partial charge in [0.2, 0.25) is 0 Å². The maximum absolute atomic E-state index is 13.0. The molecular weight excluding hydrogens is 316 g/mol. The molecule has 1 aromatic heterocycles. The second-order valence-electron chi connectivity index (χ2n) is 7.26. The van der Waals surface area contributed by atoms with E-state index >= 15 is 0 Å². The van der Waals surface area contributed by atoms with E-state index in [9.17, 15) is 9.59 Å². The predicted octanol–water partition coefficient (Wildman–Crippen LogP) is 3.81. The number of methoxy groups -OCH3 is 1. The molecule has 1 N–H and O–H groups in total. The number of para-hydroxylation sites is 1. The number of hydrogen-bond acceptors (Lipinski definition) is 3. The van der Waals surface area contributed by atoms with Crippen molar-refractivity contribution in [1.29, 1.82) is 0 Å². The number of aromatic nitrogens is 1. The number of aromatic amines is 1. The van der Waals surface area contributed by atoms with Crippen molar-refractivity contribution in [3.05, 3.63) is 35.5 Å². The molecule has 0 radical (unpaired) electrons. The number of benzene rings is 1. The molecular formula is C20H24N2O3. The lowest BCUT2D eigenvalue weighted by molar-refractivity contribution is -0.141. The fraction of sp³-hybridized carbons (Fsp3) is 0.500. The Bertz CT molecular complexity index is 841. The van der Waals surface area contributed by atoms with Crippen LogP contribution in [0.5, 0.6) is 0 Å². The van der Waals surface area contributed by atoms with E-state index in [2.05, 4.69) is 18.0 Å². The summed E-state index contributed by atoms with van der Waals surface area (Å²) in [4.78, 5) is 30.1. The number of rotatable bonds is 4. The van der Waals surface area contributed by atoms with Crippen LogP contribution >= 0.6 is 0 Å². The van der Waals surface area contributed by atoms with Gasteiger partial charge in [0.1, 0.15) is 5.69 Å². The quantitative estimate of drug-likeness (QED) is 0.861. The average Bonchev–Trinajstić information content (AvgIpc) is 3.16. The Kier molecular flexibility index (Phi) is 3.82.